The predicted molar refractivity (Wildman–Crippen MR) is 186 cm³/mol. The average Bonchev–Trinajstić information content (AvgIpc) is 3.09. The summed E-state index contributed by atoms with van der Waals surface area (Å²) in [5, 5.41) is 55.2. The van der Waals surface area contributed by atoms with Crippen LogP contribution < -0.4 is 21.3 Å². The Kier molecular flexibility index (Phi) is 19.3. The third-order valence-corrected chi connectivity index (χ3v) is 8.28. The van der Waals surface area contributed by atoms with Crippen LogP contribution in [0.25, 0.3) is 0 Å². The lowest BCUT2D eigenvalue weighted by atomic mass is 10.1. The van der Waals surface area contributed by atoms with Gasteiger partial charge in [0.25, 0.3) is 0 Å². The molecule has 0 bridgehead atoms. The molecule has 1 aromatic heterocycles. The summed E-state index contributed by atoms with van der Waals surface area (Å²) in [7, 11) is 1.92. The van der Waals surface area contributed by atoms with Gasteiger partial charge in [-0.15, -0.1) is 0 Å². The van der Waals surface area contributed by atoms with Crippen LogP contribution in [0.15, 0.2) is 18.2 Å². The third kappa shape index (κ3) is 18.3. The van der Waals surface area contributed by atoms with Crippen LogP contribution in [0, 0.1) is 0 Å². The van der Waals surface area contributed by atoms with E-state index < -0.39 is 72.6 Å². The predicted octanol–water partition coefficient (Wildman–Crippen LogP) is -2.74. The molecule has 0 saturated carbocycles. The fourth-order valence-electron chi connectivity index (χ4n) is 5.22. The van der Waals surface area contributed by atoms with Crippen LogP contribution in [0.3, 0.4) is 0 Å². The van der Waals surface area contributed by atoms with E-state index >= 15 is 0 Å². The van der Waals surface area contributed by atoms with Crippen molar-refractivity contribution in [3.8, 4) is 0 Å². The number of carbonyl (C=O) groups excluding carboxylic acids is 3. The number of aromatic nitrogens is 1. The highest BCUT2D eigenvalue weighted by molar-refractivity contribution is 5.87. The van der Waals surface area contributed by atoms with Gasteiger partial charge in [0.05, 0.1) is 25.5 Å². The Balaban J connectivity index is 1.87. The van der Waals surface area contributed by atoms with Crippen LogP contribution in [-0.4, -0.2) is 189 Å². The molecule has 1 aromatic rings. The Morgan fingerprint density at radius 1 is 0.667 bits per heavy atom. The zero-order valence-electron chi connectivity index (χ0n) is 29.9. The maximum atomic E-state index is 12.8. The summed E-state index contributed by atoms with van der Waals surface area (Å²) in [6.07, 6.45) is -1.74. The average molecular weight is 768 g/mol. The Labute approximate surface area is 310 Å². The molecule has 1 fully saturated rings. The molecular weight excluding hydrogens is 718 g/mol. The van der Waals surface area contributed by atoms with Crippen molar-refractivity contribution < 1.29 is 63.9 Å². The van der Waals surface area contributed by atoms with Crippen molar-refractivity contribution in [3.05, 3.63) is 29.6 Å². The quantitative estimate of drug-likeness (QED) is 0.0645. The van der Waals surface area contributed by atoms with Crippen molar-refractivity contribution in [1.29, 1.82) is 0 Å². The number of hydrogen-bond donors (Lipinski definition) is 9. The van der Waals surface area contributed by atoms with Crippen LogP contribution in [-0.2, 0) is 35.3 Å². The molecule has 22 heteroatoms. The highest BCUT2D eigenvalue weighted by Crippen LogP contribution is 2.07. The number of aromatic carboxylic acids is 1. The number of amides is 4. The molecule has 0 unspecified atom stereocenters. The number of carbonyl (C=O) groups is 8. The van der Waals surface area contributed by atoms with Crippen LogP contribution in [0.1, 0.15) is 41.9 Å². The minimum absolute atomic E-state index is 0.0630. The maximum absolute atomic E-state index is 12.8. The summed E-state index contributed by atoms with van der Waals surface area (Å²) in [5.74, 6) is -7.53. The second kappa shape index (κ2) is 23.3. The molecule has 2 heterocycles. The van der Waals surface area contributed by atoms with E-state index in [-0.39, 0.29) is 38.3 Å². The fourth-order valence-corrected chi connectivity index (χ4v) is 5.22. The Morgan fingerprint density at radius 2 is 1.19 bits per heavy atom. The van der Waals surface area contributed by atoms with Gasteiger partial charge >= 0.3 is 35.9 Å². The second-order valence-corrected chi connectivity index (χ2v) is 12.6. The second-order valence-electron chi connectivity index (χ2n) is 12.6. The lowest BCUT2D eigenvalue weighted by Crippen LogP contribution is -2.51. The number of hydrogen-bond acceptors (Lipinski definition) is 13. The highest BCUT2D eigenvalue weighted by Gasteiger charge is 2.26. The molecule has 1 aliphatic rings. The van der Waals surface area contributed by atoms with Crippen molar-refractivity contribution in [2.24, 2.45) is 0 Å². The van der Waals surface area contributed by atoms with Crippen molar-refractivity contribution in [1.82, 2.24) is 45.9 Å². The van der Waals surface area contributed by atoms with Gasteiger partial charge in [-0.2, -0.15) is 0 Å². The smallest absolute Gasteiger partial charge is 0.354 e. The van der Waals surface area contributed by atoms with Gasteiger partial charge in [0.1, 0.15) is 17.8 Å². The monoisotopic (exact) mass is 767 g/mol. The summed E-state index contributed by atoms with van der Waals surface area (Å²) < 4.78 is 0. The molecule has 1 saturated heterocycles. The standard InChI is InChI=1S/C32H49N9O13/c1-38-9-11-39(17-21-3-2-4-22(35-21)29(48)49)13-15-41(19-28(46)47)16-14-40(12-10-38)18-26(43)34-20-33-25(42)7-5-23(30(50)51)36-32(54)37-24(31(52)53)6-8-27(44)45/h2-4,23-24H,5-20H2,1H3,(H,33,42)(H,34,43)(H,44,45)(H,46,47)(H,48,49)(H,50,51)(H,52,53)(H2,36,37,54)/t23-,24-/m0/s1. The Bertz CT molecular complexity index is 1480. The van der Waals surface area contributed by atoms with E-state index in [2.05, 4.69) is 25.4 Å². The topological polar surface area (TPSA) is 312 Å². The van der Waals surface area contributed by atoms with Gasteiger partial charge in [-0.3, -0.25) is 33.9 Å². The molecule has 2 rings (SSSR count). The van der Waals surface area contributed by atoms with Gasteiger partial charge in [0.2, 0.25) is 11.8 Å². The Hall–Kier alpha value is -5.45. The van der Waals surface area contributed by atoms with Gasteiger partial charge in [-0.1, -0.05) is 6.07 Å². The van der Waals surface area contributed by atoms with Crippen molar-refractivity contribution in [2.45, 2.75) is 44.3 Å². The molecular formula is C32H49N9O13. The van der Waals surface area contributed by atoms with E-state index in [9.17, 15) is 58.8 Å². The first kappa shape index (κ1) is 44.7. The summed E-state index contributed by atoms with van der Waals surface area (Å²) in [6.45, 7) is 3.60. The molecule has 0 aliphatic carbocycles. The van der Waals surface area contributed by atoms with Crippen molar-refractivity contribution in [3.63, 3.8) is 0 Å². The lowest BCUT2D eigenvalue weighted by Gasteiger charge is -2.32. The van der Waals surface area contributed by atoms with Crippen molar-refractivity contribution >= 4 is 47.7 Å². The molecule has 0 aromatic carbocycles. The van der Waals surface area contributed by atoms with E-state index in [1.54, 1.807) is 17.0 Å². The minimum Gasteiger partial charge on any atom is -0.481 e. The molecule has 2 atom stereocenters. The third-order valence-electron chi connectivity index (χ3n) is 8.28. The summed E-state index contributed by atoms with van der Waals surface area (Å²) in [4.78, 5) is 106. The number of aliphatic carboxylic acids is 4. The molecule has 1 aliphatic heterocycles. The van der Waals surface area contributed by atoms with E-state index in [0.29, 0.717) is 64.6 Å². The number of urea groups is 1. The number of likely N-dealkylation sites (N-methyl/N-ethyl adjacent to an activating group) is 1. The zero-order chi connectivity index (χ0) is 40.2. The number of nitrogens with zero attached hydrogens (tertiary/aromatic N) is 5. The summed E-state index contributed by atoms with van der Waals surface area (Å²) in [6, 6.07) is 0.443. The lowest BCUT2D eigenvalue weighted by molar-refractivity contribution is -0.141. The van der Waals surface area contributed by atoms with E-state index in [1.807, 2.05) is 22.6 Å². The van der Waals surface area contributed by atoms with E-state index in [4.69, 9.17) is 5.11 Å². The summed E-state index contributed by atoms with van der Waals surface area (Å²) in [5.41, 5.74) is 0.515. The first-order chi connectivity index (χ1) is 25.5. The molecule has 4 amide bonds. The first-order valence-electron chi connectivity index (χ1n) is 17.1. The number of nitrogens with one attached hydrogen (secondary N) is 4. The molecule has 0 radical (unpaired) electrons. The Morgan fingerprint density at radius 3 is 1.74 bits per heavy atom. The highest BCUT2D eigenvalue weighted by atomic mass is 16.4. The van der Waals surface area contributed by atoms with Gasteiger partial charge in [-0.25, -0.2) is 24.2 Å². The van der Waals surface area contributed by atoms with Gasteiger partial charge in [0, 0.05) is 71.7 Å². The fraction of sp³-hybridized carbons (Fsp3) is 0.594. The molecule has 300 valence electrons. The van der Waals surface area contributed by atoms with Gasteiger partial charge < -0.3 is 51.7 Å². The number of rotatable bonds is 19. The van der Waals surface area contributed by atoms with Gasteiger partial charge in [0.15, 0.2) is 0 Å². The SMILES string of the molecule is CN1CCN(CC(=O)NCNC(=O)CC[C@H](NC(=O)N[C@@H](CCC(=O)O)C(=O)O)C(=O)O)CCN(CC(=O)O)CCN(Cc2cccc(C(=O)O)n2)CC1. The normalized spacial score (nSPS) is 16.4. The van der Waals surface area contributed by atoms with Crippen LogP contribution in [0.5, 0.6) is 0 Å². The van der Waals surface area contributed by atoms with Crippen LogP contribution >= 0.6 is 0 Å². The molecule has 22 nitrogen and oxygen atoms in total. The molecule has 9 N–H and O–H groups in total. The first-order valence-corrected chi connectivity index (χ1v) is 17.1. The zero-order valence-corrected chi connectivity index (χ0v) is 29.9. The number of carboxylic acid groups (broad SMARTS) is 5. The van der Waals surface area contributed by atoms with Gasteiger partial charge in [-0.05, 0) is 32.0 Å². The van der Waals surface area contributed by atoms with Crippen molar-refractivity contribution in [2.75, 3.05) is 79.2 Å². The maximum Gasteiger partial charge on any atom is 0.354 e. The minimum atomic E-state index is -1.58. The largest absolute Gasteiger partial charge is 0.481 e. The van der Waals surface area contributed by atoms with E-state index in [0.717, 1.165) is 0 Å². The molecule has 54 heavy (non-hydrogen) atoms. The van der Waals surface area contributed by atoms with Crippen LogP contribution in [0.2, 0.25) is 0 Å². The van der Waals surface area contributed by atoms with Crippen LogP contribution in [0.4, 0.5) is 4.79 Å². The number of pyridine rings is 1. The number of carboxylic acids is 5. The summed E-state index contributed by atoms with van der Waals surface area (Å²) >= 11 is 0. The van der Waals surface area contributed by atoms with E-state index in [1.165, 1.54) is 6.07 Å². The molecule has 0 spiro atoms.